The van der Waals surface area contributed by atoms with Crippen LogP contribution in [0.3, 0.4) is 0 Å². The van der Waals surface area contributed by atoms with Gasteiger partial charge < -0.3 is 16.4 Å². The Bertz CT molecular complexity index is 404. The molecule has 0 aromatic carbocycles. The molecule has 0 rings (SSSR count). The average Bonchev–Trinajstić information content (AvgIpc) is 2.26. The molecule has 0 bridgehead atoms. The van der Waals surface area contributed by atoms with Crippen molar-refractivity contribution in [2.45, 2.75) is 0 Å². The Kier molecular flexibility index (Phi) is 12.8. The fourth-order valence-corrected chi connectivity index (χ4v) is 1.09. The van der Waals surface area contributed by atoms with Gasteiger partial charge in [-0.1, -0.05) is 0 Å². The van der Waals surface area contributed by atoms with Crippen molar-refractivity contribution >= 4 is 51.4 Å². The third-order valence-electron chi connectivity index (χ3n) is 1.19. The molecule has 0 fully saturated rings. The quantitative estimate of drug-likeness (QED) is 0.421. The molecular formula is C6H7FeKN6O3. The molecule has 0 atom stereocenters. The molecule has 9 nitrogen and oxygen atoms in total. The van der Waals surface area contributed by atoms with Crippen LogP contribution in [-0.2, 0) is 10.7 Å². The van der Waals surface area contributed by atoms with E-state index in [4.69, 9.17) is 31.6 Å². The number of nitrogens with zero attached hydrogens (tertiary/aromatic N) is 6. The summed E-state index contributed by atoms with van der Waals surface area (Å²) in [7, 11) is -6.17. The zero-order chi connectivity index (χ0) is 10.7. The van der Waals surface area contributed by atoms with Crippen LogP contribution in [-0.4, -0.2) is 67.8 Å². The normalized spacial score (nSPS) is 10.2. The minimum atomic E-state index is -6.17. The first-order valence-corrected chi connectivity index (χ1v) is 5.71. The minimum absolute atomic E-state index is 0. The maximum atomic E-state index is 8.58. The number of nitriles is 6. The third kappa shape index (κ3) is 3.00. The molecule has 0 aliphatic carbocycles. The molecule has 0 unspecified atom stereocenters. The molecule has 6 N–H and O–H groups in total. The van der Waals surface area contributed by atoms with E-state index in [-0.39, 0.29) is 67.8 Å². The van der Waals surface area contributed by atoms with Gasteiger partial charge in [0.25, 0.3) is 0 Å². The molecule has 88 valence electrons. The summed E-state index contributed by atoms with van der Waals surface area (Å²) in [5, 5.41) is 51.5. The van der Waals surface area contributed by atoms with Gasteiger partial charge in [0.2, 0.25) is 0 Å². The van der Waals surface area contributed by atoms with E-state index in [1.165, 1.54) is 0 Å². The molecule has 0 spiro atoms. The first-order valence-electron chi connectivity index (χ1n) is 2.40. The van der Waals surface area contributed by atoms with Crippen LogP contribution in [0.15, 0.2) is 0 Å². The number of rotatable bonds is 0. The van der Waals surface area contributed by atoms with E-state index < -0.39 is 10.7 Å². The van der Waals surface area contributed by atoms with Gasteiger partial charge >= 0.3 is 123 Å². The average molecular weight is 306 g/mol. The van der Waals surface area contributed by atoms with Crippen LogP contribution in [0.4, 0.5) is 0 Å². The summed E-state index contributed by atoms with van der Waals surface area (Å²) in [5.41, 5.74) is 0. The standard InChI is InChI=1S/6CN.Fe.K.3H2O.H/c6*1-2;;;;;;/h;;;;;;;;3*1H2;. The van der Waals surface area contributed by atoms with Crippen molar-refractivity contribution < 1.29 is 27.2 Å². The van der Waals surface area contributed by atoms with Crippen LogP contribution in [0.5, 0.6) is 0 Å². The van der Waals surface area contributed by atoms with Gasteiger partial charge in [-0.3, -0.25) is 0 Å². The Morgan fingerprint density at radius 2 is 0.588 bits per heavy atom. The Labute approximate surface area is 138 Å². The fourth-order valence-electron chi connectivity index (χ4n) is 0.265. The van der Waals surface area contributed by atoms with Crippen LogP contribution in [0.25, 0.3) is 0 Å². The van der Waals surface area contributed by atoms with E-state index in [2.05, 4.69) is 0 Å². The Morgan fingerprint density at radius 3 is 0.588 bits per heavy atom. The summed E-state index contributed by atoms with van der Waals surface area (Å²) in [6.07, 6.45) is 0. The summed E-state index contributed by atoms with van der Waals surface area (Å²) in [6.45, 7) is 0. The summed E-state index contributed by atoms with van der Waals surface area (Å²) >= 11 is 0. The van der Waals surface area contributed by atoms with Crippen LogP contribution < -0.4 is 0 Å². The van der Waals surface area contributed by atoms with Gasteiger partial charge in [0, 0.05) is 0 Å². The van der Waals surface area contributed by atoms with Crippen LogP contribution in [0, 0.1) is 61.4 Å². The van der Waals surface area contributed by atoms with E-state index in [1.807, 2.05) is 0 Å². The van der Waals surface area contributed by atoms with E-state index in [0.717, 1.165) is 29.8 Å². The molecule has 0 heterocycles. The second-order valence-electron chi connectivity index (χ2n) is 1.80. The zero-order valence-corrected chi connectivity index (χ0v) is 8.64. The second kappa shape index (κ2) is 7.33. The van der Waals surface area contributed by atoms with Gasteiger partial charge in [-0.25, -0.2) is 0 Å². The Balaban J connectivity index is -0.000000120. The summed E-state index contributed by atoms with van der Waals surface area (Å²) in [6, 6.07) is 0. The molecule has 0 saturated carbocycles. The number of hydrogen-bond donors (Lipinski definition) is 0. The first-order chi connectivity index (χ1) is 5.97. The summed E-state index contributed by atoms with van der Waals surface area (Å²) in [5.74, 6) is 0. The number of hydrogen-bond acceptors (Lipinski definition) is 6. The van der Waals surface area contributed by atoms with Gasteiger partial charge in [-0.2, -0.15) is 0 Å². The van der Waals surface area contributed by atoms with Gasteiger partial charge in [0.1, 0.15) is 0 Å². The molecule has 0 aromatic rings. The topological polar surface area (TPSA) is 237 Å². The summed E-state index contributed by atoms with van der Waals surface area (Å²) in [4.78, 5) is 6.19. The van der Waals surface area contributed by atoms with E-state index in [1.54, 1.807) is 0 Å². The van der Waals surface area contributed by atoms with Gasteiger partial charge in [-0.15, -0.1) is 0 Å². The Morgan fingerprint density at radius 1 is 0.471 bits per heavy atom. The van der Waals surface area contributed by atoms with Crippen molar-refractivity contribution in [1.82, 2.24) is 0 Å². The van der Waals surface area contributed by atoms with Crippen molar-refractivity contribution in [3.63, 3.8) is 0 Å². The maximum absolute atomic E-state index is 8.58. The van der Waals surface area contributed by atoms with Crippen molar-refractivity contribution in [2.24, 2.45) is 0 Å². The van der Waals surface area contributed by atoms with Crippen LogP contribution in [0.1, 0.15) is 0 Å². The molecule has 0 amide bonds. The molecule has 0 aromatic heterocycles. The predicted octanol–water partition coefficient (Wildman–Crippen LogP) is -3.02. The van der Waals surface area contributed by atoms with Crippen molar-refractivity contribution in [1.29, 1.82) is 31.6 Å². The van der Waals surface area contributed by atoms with E-state index in [9.17, 15) is 0 Å². The molecule has 17 heavy (non-hydrogen) atoms. The van der Waals surface area contributed by atoms with Gasteiger partial charge in [0.05, 0.1) is 0 Å². The SMILES string of the molecule is N#[C][Fe]([C]#N)([C]#N)([C]#N)([C]#N)[C]#N.O.O.O.[KH]. The van der Waals surface area contributed by atoms with Crippen molar-refractivity contribution in [2.75, 3.05) is 0 Å². The fraction of sp³-hybridized carbons (Fsp3) is 0. The van der Waals surface area contributed by atoms with Gasteiger partial charge in [-0.05, 0) is 0 Å². The molecule has 0 aliphatic rings. The van der Waals surface area contributed by atoms with Crippen molar-refractivity contribution in [3.8, 4) is 29.8 Å². The zero-order valence-electron chi connectivity index (χ0n) is 7.54. The molecule has 0 saturated heterocycles. The van der Waals surface area contributed by atoms with Gasteiger partial charge in [0.15, 0.2) is 0 Å². The molecule has 0 radical (unpaired) electrons. The van der Waals surface area contributed by atoms with Crippen molar-refractivity contribution in [3.05, 3.63) is 0 Å². The molecule has 11 heteroatoms. The Hall–Kier alpha value is -1.02. The van der Waals surface area contributed by atoms with E-state index in [0.29, 0.717) is 0 Å². The summed E-state index contributed by atoms with van der Waals surface area (Å²) < 4.78 is 0. The van der Waals surface area contributed by atoms with E-state index >= 15 is 0 Å². The second-order valence-corrected chi connectivity index (χ2v) is 7.42. The first kappa shape index (κ1) is 29.7. The predicted molar refractivity (Wildman–Crippen MR) is 51.7 cm³/mol. The van der Waals surface area contributed by atoms with Crippen LogP contribution in [0.2, 0.25) is 0 Å². The van der Waals surface area contributed by atoms with Crippen LogP contribution >= 0.6 is 0 Å². The monoisotopic (exact) mass is 306 g/mol. The third-order valence-corrected chi connectivity index (χ3v) is 4.89. The molecule has 0 aliphatic heterocycles. The molecular weight excluding hydrogens is 299 g/mol.